The number of hydrogen-bond acceptors (Lipinski definition) is 3. The number of thioether (sulfide) groups is 1. The van der Waals surface area contributed by atoms with Crippen molar-refractivity contribution in [2.45, 2.75) is 56.5 Å². The van der Waals surface area contributed by atoms with Crippen molar-refractivity contribution in [1.82, 2.24) is 10.2 Å². The van der Waals surface area contributed by atoms with Gasteiger partial charge in [-0.3, -0.25) is 9.59 Å². The van der Waals surface area contributed by atoms with Gasteiger partial charge in [0, 0.05) is 40.3 Å². The predicted octanol–water partition coefficient (Wildman–Crippen LogP) is 7.53. The second-order valence-electron chi connectivity index (χ2n) is 8.91. The van der Waals surface area contributed by atoms with E-state index in [-0.39, 0.29) is 11.8 Å². The van der Waals surface area contributed by atoms with Gasteiger partial charge in [-0.1, -0.05) is 83.3 Å². The van der Waals surface area contributed by atoms with Crippen LogP contribution >= 0.6 is 39.3 Å². The van der Waals surface area contributed by atoms with Crippen LogP contribution in [0.25, 0.3) is 0 Å². The number of unbranched alkanes of at least 4 members (excludes halogenated alkanes) is 1. The number of benzene rings is 3. The summed E-state index contributed by atoms with van der Waals surface area (Å²) in [6.45, 7) is 3.08. The Morgan fingerprint density at radius 3 is 2.41 bits per heavy atom. The second kappa shape index (κ2) is 15.9. The molecule has 0 heterocycles. The molecule has 0 bridgehead atoms. The maximum atomic E-state index is 13.7. The van der Waals surface area contributed by atoms with Crippen molar-refractivity contribution >= 4 is 51.1 Å². The van der Waals surface area contributed by atoms with Crippen molar-refractivity contribution in [3.8, 4) is 0 Å². The van der Waals surface area contributed by atoms with Crippen molar-refractivity contribution in [2.24, 2.45) is 0 Å². The fourth-order valence-electron chi connectivity index (χ4n) is 3.98. The molecule has 196 valence electrons. The Hall–Kier alpha value is -2.28. The first-order chi connectivity index (χ1) is 18.0. The molecule has 1 N–H and O–H groups in total. The maximum Gasteiger partial charge on any atom is 0.243 e. The molecule has 0 radical (unpaired) electrons. The van der Waals surface area contributed by atoms with Gasteiger partial charge in [-0.15, -0.1) is 11.8 Å². The van der Waals surface area contributed by atoms with Gasteiger partial charge < -0.3 is 10.2 Å². The van der Waals surface area contributed by atoms with Crippen LogP contribution in [0.15, 0.2) is 88.2 Å². The molecule has 7 heteroatoms. The van der Waals surface area contributed by atoms with E-state index in [1.165, 1.54) is 0 Å². The number of carbonyl (C=O) groups excluding carboxylic acids is 2. The van der Waals surface area contributed by atoms with Gasteiger partial charge in [-0.25, -0.2) is 0 Å². The Labute approximate surface area is 238 Å². The van der Waals surface area contributed by atoms with Crippen LogP contribution in [0.3, 0.4) is 0 Å². The first kappa shape index (κ1) is 29.3. The van der Waals surface area contributed by atoms with E-state index >= 15 is 0 Å². The molecular weight excluding hydrogens is 568 g/mol. The van der Waals surface area contributed by atoms with E-state index in [1.807, 2.05) is 78.9 Å². The number of amides is 2. The molecule has 3 aromatic carbocycles. The largest absolute Gasteiger partial charge is 0.354 e. The number of hydrogen-bond donors (Lipinski definition) is 1. The zero-order chi connectivity index (χ0) is 26.5. The molecule has 0 spiro atoms. The van der Waals surface area contributed by atoms with Gasteiger partial charge in [0.25, 0.3) is 0 Å². The highest BCUT2D eigenvalue weighted by atomic mass is 79.9. The molecule has 0 unspecified atom stereocenters. The Balaban J connectivity index is 1.77. The van der Waals surface area contributed by atoms with Gasteiger partial charge in [-0.2, -0.15) is 0 Å². The van der Waals surface area contributed by atoms with E-state index in [0.29, 0.717) is 31.0 Å². The molecule has 0 saturated carbocycles. The van der Waals surface area contributed by atoms with Crippen LogP contribution in [0.4, 0.5) is 0 Å². The third-order valence-corrected chi connectivity index (χ3v) is 7.80. The summed E-state index contributed by atoms with van der Waals surface area (Å²) in [5.74, 6) is 0.698. The molecule has 4 nitrogen and oxygen atoms in total. The van der Waals surface area contributed by atoms with Crippen molar-refractivity contribution in [3.05, 3.63) is 99.5 Å². The molecule has 1 atom stereocenters. The Kier molecular flexibility index (Phi) is 12.5. The highest BCUT2D eigenvalue weighted by molar-refractivity contribution is 9.10. The average Bonchev–Trinajstić information content (AvgIpc) is 2.90. The molecule has 0 aliphatic rings. The van der Waals surface area contributed by atoms with E-state index in [4.69, 9.17) is 11.6 Å². The molecule has 3 aromatic rings. The summed E-state index contributed by atoms with van der Waals surface area (Å²) >= 11 is 11.2. The van der Waals surface area contributed by atoms with Gasteiger partial charge in [-0.05, 0) is 66.1 Å². The summed E-state index contributed by atoms with van der Waals surface area (Å²) < 4.78 is 0.948. The van der Waals surface area contributed by atoms with Crippen molar-refractivity contribution < 1.29 is 9.59 Å². The summed E-state index contributed by atoms with van der Waals surface area (Å²) in [5.41, 5.74) is 2.01. The smallest absolute Gasteiger partial charge is 0.243 e. The monoisotopic (exact) mass is 600 g/mol. The second-order valence-corrected chi connectivity index (χ2v) is 11.4. The minimum absolute atomic E-state index is 0.0109. The lowest BCUT2D eigenvalue weighted by Crippen LogP contribution is -2.50. The molecule has 0 aromatic heterocycles. The van der Waals surface area contributed by atoms with Crippen LogP contribution in [0.1, 0.15) is 43.7 Å². The summed E-state index contributed by atoms with van der Waals surface area (Å²) in [5, 5.41) is 3.79. The highest BCUT2D eigenvalue weighted by Crippen LogP contribution is 2.23. The van der Waals surface area contributed by atoms with Crippen molar-refractivity contribution in [3.63, 3.8) is 0 Å². The lowest BCUT2D eigenvalue weighted by Gasteiger charge is -2.31. The molecular formula is C30H34BrClN2O2S. The van der Waals surface area contributed by atoms with E-state index in [2.05, 4.69) is 28.2 Å². The zero-order valence-electron chi connectivity index (χ0n) is 21.2. The maximum absolute atomic E-state index is 13.7. The zero-order valence-corrected chi connectivity index (χ0v) is 24.3. The molecule has 0 saturated heterocycles. The van der Waals surface area contributed by atoms with E-state index in [0.717, 1.165) is 45.5 Å². The molecule has 2 amide bonds. The SMILES string of the molecule is CCCCNC(=O)[C@H](Cc1ccccc1)N(Cc1cccc(Br)c1)C(=O)CCCSc1ccc(Cl)cc1. The Bertz CT molecular complexity index is 1130. The average molecular weight is 602 g/mol. The van der Waals surface area contributed by atoms with Crippen LogP contribution in [-0.2, 0) is 22.6 Å². The normalized spacial score (nSPS) is 11.6. The minimum atomic E-state index is -0.588. The molecule has 0 aliphatic heterocycles. The van der Waals surface area contributed by atoms with E-state index in [9.17, 15) is 9.59 Å². The van der Waals surface area contributed by atoms with Crippen LogP contribution in [0, 0.1) is 0 Å². The van der Waals surface area contributed by atoms with Crippen LogP contribution in [0.5, 0.6) is 0 Å². The summed E-state index contributed by atoms with van der Waals surface area (Å²) in [7, 11) is 0. The third-order valence-electron chi connectivity index (χ3n) is 5.96. The summed E-state index contributed by atoms with van der Waals surface area (Å²) in [6, 6.07) is 25.0. The topological polar surface area (TPSA) is 49.4 Å². The van der Waals surface area contributed by atoms with Gasteiger partial charge in [0.15, 0.2) is 0 Å². The quantitative estimate of drug-likeness (QED) is 0.153. The fraction of sp³-hybridized carbons (Fsp3) is 0.333. The number of nitrogens with zero attached hydrogens (tertiary/aromatic N) is 1. The minimum Gasteiger partial charge on any atom is -0.354 e. The van der Waals surface area contributed by atoms with Crippen molar-refractivity contribution in [1.29, 1.82) is 0 Å². The number of rotatable bonds is 14. The third kappa shape index (κ3) is 10.2. The van der Waals surface area contributed by atoms with Crippen LogP contribution < -0.4 is 5.32 Å². The molecule has 37 heavy (non-hydrogen) atoms. The summed E-state index contributed by atoms with van der Waals surface area (Å²) in [6.07, 6.45) is 3.47. The predicted molar refractivity (Wildman–Crippen MR) is 158 cm³/mol. The molecule has 0 fully saturated rings. The van der Waals surface area contributed by atoms with Gasteiger partial charge in [0.05, 0.1) is 0 Å². The van der Waals surface area contributed by atoms with E-state index < -0.39 is 6.04 Å². The fourth-order valence-corrected chi connectivity index (χ4v) is 5.41. The standard InChI is InChI=1S/C30H34BrClN2O2S/c1-2-3-18-33-30(36)28(21-23-9-5-4-6-10-23)34(22-24-11-7-12-25(31)20-24)29(35)13-8-19-37-27-16-14-26(32)15-17-27/h4-7,9-12,14-17,20,28H,2-3,8,13,18-19,21-22H2,1H3,(H,33,36)/t28-/m0/s1. The number of halogens is 2. The lowest BCUT2D eigenvalue weighted by molar-refractivity contribution is -0.141. The van der Waals surface area contributed by atoms with Gasteiger partial charge in [0.1, 0.15) is 6.04 Å². The van der Waals surface area contributed by atoms with Gasteiger partial charge in [0.2, 0.25) is 11.8 Å². The van der Waals surface area contributed by atoms with Crippen LogP contribution in [0.2, 0.25) is 5.02 Å². The highest BCUT2D eigenvalue weighted by Gasteiger charge is 2.30. The molecule has 3 rings (SSSR count). The van der Waals surface area contributed by atoms with Crippen molar-refractivity contribution in [2.75, 3.05) is 12.3 Å². The summed E-state index contributed by atoms with van der Waals surface area (Å²) in [4.78, 5) is 30.0. The molecule has 0 aliphatic carbocycles. The van der Waals surface area contributed by atoms with E-state index in [1.54, 1.807) is 16.7 Å². The number of nitrogens with one attached hydrogen (secondary N) is 1. The van der Waals surface area contributed by atoms with Crippen LogP contribution in [-0.4, -0.2) is 35.1 Å². The number of carbonyl (C=O) groups is 2. The first-order valence-corrected chi connectivity index (χ1v) is 14.9. The first-order valence-electron chi connectivity index (χ1n) is 12.7. The lowest BCUT2D eigenvalue weighted by atomic mass is 10.0. The Morgan fingerprint density at radius 1 is 0.973 bits per heavy atom. The van der Waals surface area contributed by atoms with Gasteiger partial charge >= 0.3 is 0 Å². The Morgan fingerprint density at radius 2 is 1.70 bits per heavy atom.